The van der Waals surface area contributed by atoms with Crippen LogP contribution in [0.1, 0.15) is 45.2 Å². The molecule has 1 aromatic carbocycles. The van der Waals surface area contributed by atoms with Gasteiger partial charge in [0.25, 0.3) is 0 Å². The average molecular weight is 243 g/mol. The van der Waals surface area contributed by atoms with Gasteiger partial charge in [0.15, 0.2) is 0 Å². The van der Waals surface area contributed by atoms with Gasteiger partial charge in [0.05, 0.1) is 5.56 Å². The summed E-state index contributed by atoms with van der Waals surface area (Å²) >= 11 is 0. The predicted octanol–water partition coefficient (Wildman–Crippen LogP) is 3.55. The molecule has 0 aromatic heterocycles. The molecule has 0 atom stereocenters. The molecule has 0 fully saturated rings. The zero-order chi connectivity index (χ0) is 13.6. The van der Waals surface area contributed by atoms with Crippen LogP contribution in [0.5, 0.6) is 5.75 Å². The van der Waals surface area contributed by atoms with Crippen molar-refractivity contribution in [2.24, 2.45) is 0 Å². The van der Waals surface area contributed by atoms with Crippen LogP contribution in [0.25, 0.3) is 0 Å². The molecule has 0 bridgehead atoms. The van der Waals surface area contributed by atoms with Crippen LogP contribution in [0.4, 0.5) is 5.69 Å². The minimum atomic E-state index is -0.177. The predicted molar refractivity (Wildman–Crippen MR) is 76.3 cm³/mol. The smallest absolute Gasteiger partial charge is 0.139 e. The van der Waals surface area contributed by atoms with Crippen LogP contribution in [-0.2, 0) is 5.41 Å². The lowest BCUT2D eigenvalue weighted by Gasteiger charge is -2.43. The summed E-state index contributed by atoms with van der Waals surface area (Å²) in [4.78, 5) is 0. The lowest BCUT2D eigenvalue weighted by Crippen LogP contribution is -2.41. The lowest BCUT2D eigenvalue weighted by atomic mass is 9.73. The molecule has 2 nitrogen and oxygen atoms in total. The van der Waals surface area contributed by atoms with Crippen LogP contribution >= 0.6 is 0 Å². The Morgan fingerprint density at radius 1 is 1.28 bits per heavy atom. The highest BCUT2D eigenvalue weighted by Crippen LogP contribution is 2.47. The van der Waals surface area contributed by atoms with Crippen LogP contribution in [0.3, 0.4) is 0 Å². The van der Waals surface area contributed by atoms with E-state index in [0.717, 1.165) is 23.4 Å². The molecule has 1 aliphatic heterocycles. The van der Waals surface area contributed by atoms with Gasteiger partial charge in [-0.15, -0.1) is 6.42 Å². The summed E-state index contributed by atoms with van der Waals surface area (Å²) in [6.07, 6.45) is 6.59. The van der Waals surface area contributed by atoms with Crippen molar-refractivity contribution in [3.63, 3.8) is 0 Å². The number of benzene rings is 1. The lowest BCUT2D eigenvalue weighted by molar-refractivity contribution is 0.0531. The van der Waals surface area contributed by atoms with Gasteiger partial charge in [-0.25, -0.2) is 0 Å². The van der Waals surface area contributed by atoms with Crippen LogP contribution < -0.4 is 10.1 Å². The van der Waals surface area contributed by atoms with E-state index in [1.54, 1.807) is 0 Å². The van der Waals surface area contributed by atoms with Crippen molar-refractivity contribution in [1.29, 1.82) is 0 Å². The van der Waals surface area contributed by atoms with Crippen LogP contribution in [0.15, 0.2) is 12.1 Å². The van der Waals surface area contributed by atoms with Crippen molar-refractivity contribution < 1.29 is 4.74 Å². The van der Waals surface area contributed by atoms with Gasteiger partial charge in [0, 0.05) is 18.3 Å². The first kappa shape index (κ1) is 12.8. The summed E-state index contributed by atoms with van der Waals surface area (Å²) in [6.45, 7) is 8.72. The van der Waals surface area contributed by atoms with Crippen molar-refractivity contribution in [2.75, 3.05) is 12.4 Å². The van der Waals surface area contributed by atoms with Gasteiger partial charge in [0.1, 0.15) is 11.4 Å². The Labute approximate surface area is 110 Å². The number of hydrogen-bond acceptors (Lipinski definition) is 2. The summed E-state index contributed by atoms with van der Waals surface area (Å²) in [5.41, 5.74) is 2.95. The zero-order valence-electron chi connectivity index (χ0n) is 11.8. The fourth-order valence-corrected chi connectivity index (χ4v) is 2.96. The fraction of sp³-hybridized carbons (Fsp3) is 0.500. The third-order valence-corrected chi connectivity index (χ3v) is 3.51. The van der Waals surface area contributed by atoms with Crippen LogP contribution in [-0.4, -0.2) is 12.6 Å². The molecule has 0 saturated heterocycles. The standard InChI is InChI=1S/C16H21NO/c1-7-11-8-12(17-6)9-13-14(11)18-16(4,5)10-15(13,2)3/h1,8-9,17H,10H2,2-6H3. The summed E-state index contributed by atoms with van der Waals surface area (Å²) in [6, 6.07) is 4.11. The van der Waals surface area contributed by atoms with Crippen LogP contribution in [0, 0.1) is 12.3 Å². The molecule has 96 valence electrons. The number of ether oxygens (including phenoxy) is 1. The molecule has 2 heteroatoms. The Kier molecular flexibility index (Phi) is 2.81. The highest BCUT2D eigenvalue weighted by Gasteiger charge is 2.40. The average Bonchev–Trinajstić information content (AvgIpc) is 2.25. The third-order valence-electron chi connectivity index (χ3n) is 3.51. The van der Waals surface area contributed by atoms with Crippen LogP contribution in [0.2, 0.25) is 0 Å². The molecule has 0 amide bonds. The van der Waals surface area contributed by atoms with Gasteiger partial charge in [0.2, 0.25) is 0 Å². The second-order valence-electron chi connectivity index (χ2n) is 6.22. The van der Waals surface area contributed by atoms with Crippen molar-refractivity contribution in [3.05, 3.63) is 23.3 Å². The zero-order valence-corrected chi connectivity index (χ0v) is 11.8. The number of nitrogens with one attached hydrogen (secondary N) is 1. The van der Waals surface area contributed by atoms with Gasteiger partial charge >= 0.3 is 0 Å². The van der Waals surface area contributed by atoms with E-state index >= 15 is 0 Å². The molecule has 0 unspecified atom stereocenters. The van der Waals surface area contributed by atoms with E-state index < -0.39 is 0 Å². The second kappa shape index (κ2) is 3.95. The molecule has 1 aliphatic rings. The first-order chi connectivity index (χ1) is 8.29. The fourth-order valence-electron chi connectivity index (χ4n) is 2.96. The molecule has 0 saturated carbocycles. The molecule has 0 aliphatic carbocycles. The largest absolute Gasteiger partial charge is 0.486 e. The highest BCUT2D eigenvalue weighted by molar-refractivity contribution is 5.63. The van der Waals surface area contributed by atoms with Gasteiger partial charge < -0.3 is 10.1 Å². The van der Waals surface area contributed by atoms with E-state index in [0.29, 0.717) is 0 Å². The molecule has 2 rings (SSSR count). The van der Waals surface area contributed by atoms with Crippen molar-refractivity contribution in [1.82, 2.24) is 0 Å². The Hall–Kier alpha value is -1.62. The van der Waals surface area contributed by atoms with Gasteiger partial charge in [-0.05, 0) is 37.8 Å². The maximum absolute atomic E-state index is 6.11. The molecule has 1 heterocycles. The molecular weight excluding hydrogens is 222 g/mol. The molecule has 0 radical (unpaired) electrons. The Bertz CT molecular complexity index is 521. The summed E-state index contributed by atoms with van der Waals surface area (Å²) in [7, 11) is 1.91. The number of rotatable bonds is 1. The Morgan fingerprint density at radius 2 is 1.94 bits per heavy atom. The highest BCUT2D eigenvalue weighted by atomic mass is 16.5. The number of anilines is 1. The molecule has 1 N–H and O–H groups in total. The van der Waals surface area contributed by atoms with Gasteiger partial charge in [-0.3, -0.25) is 0 Å². The molecule has 1 aromatic rings. The van der Waals surface area contributed by atoms with Crippen molar-refractivity contribution >= 4 is 5.69 Å². The van der Waals surface area contributed by atoms with E-state index in [1.165, 1.54) is 5.56 Å². The number of fused-ring (bicyclic) bond motifs is 1. The maximum atomic E-state index is 6.11. The van der Waals surface area contributed by atoms with Crippen molar-refractivity contribution in [3.8, 4) is 18.1 Å². The van der Waals surface area contributed by atoms with Gasteiger partial charge in [-0.1, -0.05) is 19.8 Å². The SMILES string of the molecule is C#Cc1cc(NC)cc2c1OC(C)(C)CC2(C)C. The van der Waals surface area contributed by atoms with Gasteiger partial charge in [-0.2, -0.15) is 0 Å². The summed E-state index contributed by atoms with van der Waals surface area (Å²) < 4.78 is 6.11. The molecule has 0 spiro atoms. The normalized spacial score (nSPS) is 19.3. The van der Waals surface area contributed by atoms with E-state index in [1.807, 2.05) is 13.1 Å². The first-order valence-electron chi connectivity index (χ1n) is 6.31. The first-order valence-corrected chi connectivity index (χ1v) is 6.31. The third kappa shape index (κ3) is 2.06. The van der Waals surface area contributed by atoms with E-state index in [4.69, 9.17) is 11.2 Å². The number of hydrogen-bond donors (Lipinski definition) is 1. The topological polar surface area (TPSA) is 21.3 Å². The number of terminal acetylenes is 1. The Balaban J connectivity index is 2.69. The van der Waals surface area contributed by atoms with E-state index in [9.17, 15) is 0 Å². The quantitative estimate of drug-likeness (QED) is 0.762. The minimum absolute atomic E-state index is 0.0650. The molecular formula is C16H21NO. The second-order valence-corrected chi connectivity index (χ2v) is 6.22. The van der Waals surface area contributed by atoms with Crippen molar-refractivity contribution in [2.45, 2.75) is 45.1 Å². The maximum Gasteiger partial charge on any atom is 0.139 e. The monoisotopic (exact) mass is 243 g/mol. The minimum Gasteiger partial charge on any atom is -0.486 e. The molecule has 18 heavy (non-hydrogen) atoms. The summed E-state index contributed by atoms with van der Waals surface area (Å²) in [5.74, 6) is 3.61. The Morgan fingerprint density at radius 3 is 2.50 bits per heavy atom. The summed E-state index contributed by atoms with van der Waals surface area (Å²) in [5, 5.41) is 3.16. The van der Waals surface area contributed by atoms with E-state index in [-0.39, 0.29) is 11.0 Å². The van der Waals surface area contributed by atoms with E-state index in [2.05, 4.69) is 45.0 Å².